The van der Waals surface area contributed by atoms with Crippen LogP contribution >= 0.6 is 23.5 Å². The van der Waals surface area contributed by atoms with Gasteiger partial charge in [0.25, 0.3) is 0 Å². The van der Waals surface area contributed by atoms with Crippen molar-refractivity contribution in [3.63, 3.8) is 0 Å². The number of aromatic amines is 1. The van der Waals surface area contributed by atoms with Crippen molar-refractivity contribution in [1.82, 2.24) is 4.98 Å². The zero-order chi connectivity index (χ0) is 18.7. The van der Waals surface area contributed by atoms with Gasteiger partial charge >= 0.3 is 0 Å². The Morgan fingerprint density at radius 3 is 2.30 bits per heavy atom. The van der Waals surface area contributed by atoms with E-state index < -0.39 is 0 Å². The fourth-order valence-electron chi connectivity index (χ4n) is 3.46. The summed E-state index contributed by atoms with van der Waals surface area (Å²) < 4.78 is -0.0510. The SMILES string of the molecule is CCCCCC1(c2c[nH]c(C(=O)c3ccccc3)c2)Sc2ccccc2S1. The van der Waals surface area contributed by atoms with Crippen molar-refractivity contribution in [3.8, 4) is 0 Å². The zero-order valence-electron chi connectivity index (χ0n) is 15.4. The van der Waals surface area contributed by atoms with Gasteiger partial charge in [-0.15, -0.1) is 23.5 Å². The maximum atomic E-state index is 12.8. The van der Waals surface area contributed by atoms with Crippen LogP contribution < -0.4 is 0 Å². The van der Waals surface area contributed by atoms with Crippen LogP contribution in [0.2, 0.25) is 0 Å². The zero-order valence-corrected chi connectivity index (χ0v) is 17.0. The highest BCUT2D eigenvalue weighted by Gasteiger charge is 2.41. The van der Waals surface area contributed by atoms with E-state index in [4.69, 9.17) is 0 Å². The number of ketones is 1. The van der Waals surface area contributed by atoms with Crippen LogP contribution in [0, 0.1) is 0 Å². The lowest BCUT2D eigenvalue weighted by Crippen LogP contribution is -2.13. The number of hydrogen-bond donors (Lipinski definition) is 1. The molecular formula is C23H23NOS2. The fourth-order valence-corrected chi connectivity index (χ4v) is 6.72. The fraction of sp³-hybridized carbons (Fsp3) is 0.261. The molecule has 0 spiro atoms. The molecule has 2 heterocycles. The summed E-state index contributed by atoms with van der Waals surface area (Å²) in [5.74, 6) is 0.0519. The molecule has 1 N–H and O–H groups in total. The van der Waals surface area contributed by atoms with E-state index in [0.717, 1.165) is 12.0 Å². The minimum Gasteiger partial charge on any atom is -0.358 e. The molecule has 4 rings (SSSR count). The highest BCUT2D eigenvalue weighted by Crippen LogP contribution is 2.63. The molecule has 3 aromatic rings. The van der Waals surface area contributed by atoms with Crippen LogP contribution in [0.3, 0.4) is 0 Å². The number of rotatable bonds is 7. The van der Waals surface area contributed by atoms with Crippen molar-refractivity contribution in [1.29, 1.82) is 0 Å². The van der Waals surface area contributed by atoms with Crippen molar-refractivity contribution in [2.45, 2.75) is 46.5 Å². The topological polar surface area (TPSA) is 32.9 Å². The summed E-state index contributed by atoms with van der Waals surface area (Å²) in [5.41, 5.74) is 2.60. The summed E-state index contributed by atoms with van der Waals surface area (Å²) in [4.78, 5) is 18.7. The Morgan fingerprint density at radius 1 is 0.963 bits per heavy atom. The summed E-state index contributed by atoms with van der Waals surface area (Å²) in [6.07, 6.45) is 6.77. The first-order valence-electron chi connectivity index (χ1n) is 9.47. The van der Waals surface area contributed by atoms with Gasteiger partial charge in [-0.05, 0) is 30.2 Å². The van der Waals surface area contributed by atoms with Gasteiger partial charge in [0.05, 0.1) is 9.77 Å². The first kappa shape index (κ1) is 18.5. The molecule has 0 amide bonds. The average Bonchev–Trinajstić information content (AvgIpc) is 3.34. The van der Waals surface area contributed by atoms with Crippen LogP contribution in [0.5, 0.6) is 0 Å². The van der Waals surface area contributed by atoms with Gasteiger partial charge in [-0.3, -0.25) is 4.79 Å². The maximum absolute atomic E-state index is 12.8. The molecule has 2 nitrogen and oxygen atoms in total. The van der Waals surface area contributed by atoms with E-state index in [0.29, 0.717) is 5.69 Å². The molecule has 1 aliphatic heterocycles. The monoisotopic (exact) mass is 393 g/mol. The Labute approximate surface area is 169 Å². The van der Waals surface area contributed by atoms with Crippen LogP contribution in [0.15, 0.2) is 76.7 Å². The number of carbonyl (C=O) groups excluding carboxylic acids is 1. The second-order valence-electron chi connectivity index (χ2n) is 6.86. The molecule has 4 heteroatoms. The lowest BCUT2D eigenvalue weighted by Gasteiger charge is -2.26. The van der Waals surface area contributed by atoms with E-state index in [9.17, 15) is 4.79 Å². The summed E-state index contributed by atoms with van der Waals surface area (Å²) >= 11 is 3.88. The van der Waals surface area contributed by atoms with E-state index in [2.05, 4.69) is 42.2 Å². The number of hydrogen-bond acceptors (Lipinski definition) is 3. The van der Waals surface area contributed by atoms with Crippen molar-refractivity contribution < 1.29 is 4.79 Å². The van der Waals surface area contributed by atoms with Crippen LogP contribution in [-0.2, 0) is 4.08 Å². The Bertz CT molecular complexity index is 907. The van der Waals surface area contributed by atoms with E-state index in [1.807, 2.05) is 60.1 Å². The van der Waals surface area contributed by atoms with Gasteiger partial charge in [0.1, 0.15) is 0 Å². The number of benzene rings is 2. The summed E-state index contributed by atoms with van der Waals surface area (Å²) in [7, 11) is 0. The van der Waals surface area contributed by atoms with Gasteiger partial charge in [-0.25, -0.2) is 0 Å². The number of unbranched alkanes of at least 4 members (excludes halogenated alkanes) is 2. The highest BCUT2D eigenvalue weighted by atomic mass is 32.2. The lowest BCUT2D eigenvalue weighted by atomic mass is 10.1. The molecule has 0 saturated carbocycles. The van der Waals surface area contributed by atoms with Gasteiger partial charge in [-0.2, -0.15) is 0 Å². The highest BCUT2D eigenvalue weighted by molar-refractivity contribution is 8.20. The van der Waals surface area contributed by atoms with E-state index in [-0.39, 0.29) is 9.86 Å². The van der Waals surface area contributed by atoms with Crippen LogP contribution in [-0.4, -0.2) is 10.8 Å². The van der Waals surface area contributed by atoms with Crippen LogP contribution in [0.4, 0.5) is 0 Å². The van der Waals surface area contributed by atoms with E-state index in [1.165, 1.54) is 34.6 Å². The largest absolute Gasteiger partial charge is 0.358 e. The van der Waals surface area contributed by atoms with Crippen molar-refractivity contribution >= 4 is 29.3 Å². The van der Waals surface area contributed by atoms with Gasteiger partial charge in [0.2, 0.25) is 5.78 Å². The Kier molecular flexibility index (Phi) is 5.46. The molecule has 138 valence electrons. The number of H-pyrrole nitrogens is 1. The molecule has 0 unspecified atom stereocenters. The smallest absolute Gasteiger partial charge is 0.209 e. The summed E-state index contributed by atoms with van der Waals surface area (Å²) in [5, 5.41) is 0. The molecule has 0 saturated heterocycles. The molecule has 2 aromatic carbocycles. The van der Waals surface area contributed by atoms with Gasteiger partial charge in [-0.1, -0.05) is 68.7 Å². The first-order chi connectivity index (χ1) is 13.2. The average molecular weight is 394 g/mol. The van der Waals surface area contributed by atoms with Crippen LogP contribution in [0.1, 0.15) is 54.2 Å². The minimum absolute atomic E-state index is 0.0510. The molecular weight excluding hydrogens is 370 g/mol. The molecule has 0 aliphatic carbocycles. The normalized spacial score (nSPS) is 14.9. The Hall–Kier alpha value is -1.91. The molecule has 0 radical (unpaired) electrons. The van der Waals surface area contributed by atoms with Gasteiger partial charge in [0, 0.05) is 21.6 Å². The Balaban J connectivity index is 1.64. The standard InChI is InChI=1S/C23H23NOS2/c1-2-3-9-14-23(26-20-12-7-8-13-21(20)27-23)18-15-19(24-16-18)22(25)17-10-5-4-6-11-17/h4-8,10-13,15-16,24H,2-3,9,14H2,1H3. The molecule has 1 aromatic heterocycles. The first-order valence-corrected chi connectivity index (χ1v) is 11.1. The second-order valence-corrected chi connectivity index (χ2v) is 9.80. The number of thioether (sulfide) groups is 2. The second kappa shape index (κ2) is 7.99. The van der Waals surface area contributed by atoms with Crippen molar-refractivity contribution in [2.75, 3.05) is 0 Å². The quantitative estimate of drug-likeness (QED) is 0.351. The van der Waals surface area contributed by atoms with E-state index in [1.54, 1.807) is 0 Å². The molecule has 0 bridgehead atoms. The van der Waals surface area contributed by atoms with E-state index >= 15 is 0 Å². The molecule has 0 fully saturated rings. The van der Waals surface area contributed by atoms with Crippen molar-refractivity contribution in [3.05, 3.63) is 83.7 Å². The number of carbonyl (C=O) groups is 1. The molecule has 1 aliphatic rings. The summed E-state index contributed by atoms with van der Waals surface area (Å²) in [6.45, 7) is 2.24. The third-order valence-electron chi connectivity index (χ3n) is 4.91. The number of aromatic nitrogens is 1. The predicted octanol–water partition coefficient (Wildman–Crippen LogP) is 6.88. The van der Waals surface area contributed by atoms with Gasteiger partial charge < -0.3 is 4.98 Å². The Morgan fingerprint density at radius 2 is 1.63 bits per heavy atom. The predicted molar refractivity (Wildman–Crippen MR) is 115 cm³/mol. The summed E-state index contributed by atoms with van der Waals surface area (Å²) in [6, 6.07) is 20.2. The third kappa shape index (κ3) is 3.74. The number of fused-ring (bicyclic) bond motifs is 1. The van der Waals surface area contributed by atoms with Crippen LogP contribution in [0.25, 0.3) is 0 Å². The minimum atomic E-state index is -0.0510. The molecule has 27 heavy (non-hydrogen) atoms. The third-order valence-corrected chi connectivity index (χ3v) is 8.23. The van der Waals surface area contributed by atoms with Gasteiger partial charge in [0.15, 0.2) is 0 Å². The molecule has 0 atom stereocenters. The maximum Gasteiger partial charge on any atom is 0.209 e. The number of nitrogens with one attached hydrogen (secondary N) is 1. The lowest BCUT2D eigenvalue weighted by molar-refractivity contribution is 0.103. The van der Waals surface area contributed by atoms with Crippen molar-refractivity contribution in [2.24, 2.45) is 0 Å².